The zero-order valence-electron chi connectivity index (χ0n) is 12.2. The molecule has 0 saturated carbocycles. The Labute approximate surface area is 120 Å². The molecule has 0 atom stereocenters. The molecule has 0 spiro atoms. The second-order valence-corrected chi connectivity index (χ2v) is 5.50. The number of rotatable bonds is 4. The molecule has 0 bridgehead atoms. The summed E-state index contributed by atoms with van der Waals surface area (Å²) in [7, 11) is 1.97. The van der Waals surface area contributed by atoms with Crippen LogP contribution in [0.1, 0.15) is 28.8 Å². The van der Waals surface area contributed by atoms with E-state index in [9.17, 15) is 0 Å². The van der Waals surface area contributed by atoms with Crippen LogP contribution in [-0.2, 0) is 26.6 Å². The summed E-state index contributed by atoms with van der Waals surface area (Å²) in [6.45, 7) is 4.91. The molecule has 0 radical (unpaired) electrons. The lowest BCUT2D eigenvalue weighted by molar-refractivity contribution is 0.687. The SMILES string of the molecule is Cc1nn(C)cc1CNCc1cccc2c1NCCC2. The van der Waals surface area contributed by atoms with Crippen molar-refractivity contribution >= 4 is 5.69 Å². The van der Waals surface area contributed by atoms with Gasteiger partial charge in [-0.25, -0.2) is 0 Å². The average molecular weight is 270 g/mol. The Hall–Kier alpha value is -1.81. The quantitative estimate of drug-likeness (QED) is 0.896. The van der Waals surface area contributed by atoms with Gasteiger partial charge in [-0.15, -0.1) is 0 Å². The Morgan fingerprint density at radius 3 is 2.95 bits per heavy atom. The van der Waals surface area contributed by atoms with Crippen LogP contribution >= 0.6 is 0 Å². The standard InChI is InChI=1S/C16H22N4/c1-12-15(11-20(2)19-12)10-17-9-14-6-3-5-13-7-4-8-18-16(13)14/h3,5-6,11,17-18H,4,7-10H2,1-2H3. The van der Waals surface area contributed by atoms with E-state index in [1.54, 1.807) is 0 Å². The molecule has 106 valence electrons. The first-order valence-electron chi connectivity index (χ1n) is 7.28. The molecule has 2 aromatic rings. The van der Waals surface area contributed by atoms with Gasteiger partial charge in [-0.1, -0.05) is 18.2 Å². The third-order valence-electron chi connectivity index (χ3n) is 3.91. The molecule has 2 N–H and O–H groups in total. The monoisotopic (exact) mass is 270 g/mol. The number of para-hydroxylation sites is 1. The fraction of sp³-hybridized carbons (Fsp3) is 0.438. The van der Waals surface area contributed by atoms with Crippen LogP contribution in [0.4, 0.5) is 5.69 Å². The van der Waals surface area contributed by atoms with Gasteiger partial charge >= 0.3 is 0 Å². The van der Waals surface area contributed by atoms with E-state index in [2.05, 4.69) is 47.1 Å². The number of fused-ring (bicyclic) bond motifs is 1. The Balaban J connectivity index is 1.65. The van der Waals surface area contributed by atoms with E-state index in [0.29, 0.717) is 0 Å². The van der Waals surface area contributed by atoms with Crippen molar-refractivity contribution in [2.45, 2.75) is 32.9 Å². The third-order valence-corrected chi connectivity index (χ3v) is 3.91. The first-order chi connectivity index (χ1) is 9.74. The van der Waals surface area contributed by atoms with Crippen LogP contribution < -0.4 is 10.6 Å². The molecule has 20 heavy (non-hydrogen) atoms. The Kier molecular flexibility index (Phi) is 3.74. The summed E-state index contributed by atoms with van der Waals surface area (Å²) in [6.07, 6.45) is 4.51. The summed E-state index contributed by atoms with van der Waals surface area (Å²) in [6, 6.07) is 6.61. The van der Waals surface area contributed by atoms with Gasteiger partial charge in [0.15, 0.2) is 0 Å². The summed E-state index contributed by atoms with van der Waals surface area (Å²) in [5.41, 5.74) is 6.53. The second kappa shape index (κ2) is 5.67. The van der Waals surface area contributed by atoms with E-state index in [1.807, 2.05) is 11.7 Å². The van der Waals surface area contributed by atoms with E-state index in [4.69, 9.17) is 0 Å². The summed E-state index contributed by atoms with van der Waals surface area (Å²) in [5, 5.41) is 11.4. The number of benzene rings is 1. The largest absolute Gasteiger partial charge is 0.385 e. The molecule has 2 heterocycles. The van der Waals surface area contributed by atoms with Crippen LogP contribution in [0.2, 0.25) is 0 Å². The molecular formula is C16H22N4. The summed E-state index contributed by atoms with van der Waals surface area (Å²) in [5.74, 6) is 0. The molecule has 4 nitrogen and oxygen atoms in total. The van der Waals surface area contributed by atoms with Gasteiger partial charge < -0.3 is 10.6 Å². The van der Waals surface area contributed by atoms with Crippen LogP contribution in [0.5, 0.6) is 0 Å². The van der Waals surface area contributed by atoms with Crippen molar-refractivity contribution < 1.29 is 0 Å². The molecule has 0 unspecified atom stereocenters. The first-order valence-corrected chi connectivity index (χ1v) is 7.28. The zero-order chi connectivity index (χ0) is 13.9. The summed E-state index contributed by atoms with van der Waals surface area (Å²) < 4.78 is 1.87. The zero-order valence-corrected chi connectivity index (χ0v) is 12.2. The van der Waals surface area contributed by atoms with Gasteiger partial charge in [0.25, 0.3) is 0 Å². The lowest BCUT2D eigenvalue weighted by atomic mass is 9.99. The van der Waals surface area contributed by atoms with Crippen molar-refractivity contribution in [3.63, 3.8) is 0 Å². The topological polar surface area (TPSA) is 41.9 Å². The van der Waals surface area contributed by atoms with E-state index in [1.165, 1.54) is 35.2 Å². The number of aryl methyl sites for hydroxylation is 3. The average Bonchev–Trinajstić information content (AvgIpc) is 2.77. The second-order valence-electron chi connectivity index (χ2n) is 5.50. The van der Waals surface area contributed by atoms with Gasteiger partial charge in [0.05, 0.1) is 5.69 Å². The number of nitrogens with zero attached hydrogens (tertiary/aromatic N) is 2. The van der Waals surface area contributed by atoms with Crippen molar-refractivity contribution in [2.75, 3.05) is 11.9 Å². The predicted octanol–water partition coefficient (Wildman–Crippen LogP) is 2.38. The molecule has 0 saturated heterocycles. The Bertz CT molecular complexity index is 601. The van der Waals surface area contributed by atoms with E-state index in [0.717, 1.165) is 25.3 Å². The molecule has 0 aliphatic carbocycles. The van der Waals surface area contributed by atoms with Gasteiger partial charge in [-0.05, 0) is 30.9 Å². The number of hydrogen-bond donors (Lipinski definition) is 2. The van der Waals surface area contributed by atoms with Crippen molar-refractivity contribution in [2.24, 2.45) is 7.05 Å². The maximum absolute atomic E-state index is 4.37. The van der Waals surface area contributed by atoms with Gasteiger partial charge in [-0.2, -0.15) is 5.10 Å². The van der Waals surface area contributed by atoms with Crippen LogP contribution in [-0.4, -0.2) is 16.3 Å². The van der Waals surface area contributed by atoms with Crippen LogP contribution in [0.15, 0.2) is 24.4 Å². The number of aromatic nitrogens is 2. The Morgan fingerprint density at radius 1 is 1.30 bits per heavy atom. The molecule has 1 aromatic heterocycles. The van der Waals surface area contributed by atoms with Crippen molar-refractivity contribution in [1.82, 2.24) is 15.1 Å². The lowest BCUT2D eigenvalue weighted by Gasteiger charge is -2.21. The van der Waals surface area contributed by atoms with Gasteiger partial charge in [0.1, 0.15) is 0 Å². The maximum Gasteiger partial charge on any atom is 0.0638 e. The first kappa shape index (κ1) is 13.2. The number of hydrogen-bond acceptors (Lipinski definition) is 3. The van der Waals surface area contributed by atoms with Gasteiger partial charge in [-0.3, -0.25) is 4.68 Å². The van der Waals surface area contributed by atoms with Crippen LogP contribution in [0.3, 0.4) is 0 Å². The Morgan fingerprint density at radius 2 is 2.15 bits per heavy atom. The number of anilines is 1. The smallest absolute Gasteiger partial charge is 0.0638 e. The highest BCUT2D eigenvalue weighted by molar-refractivity contribution is 5.59. The fourth-order valence-corrected chi connectivity index (χ4v) is 2.88. The molecule has 1 aliphatic rings. The molecule has 3 rings (SSSR count). The minimum atomic E-state index is 0.864. The molecule has 0 amide bonds. The highest BCUT2D eigenvalue weighted by Gasteiger charge is 2.12. The fourth-order valence-electron chi connectivity index (χ4n) is 2.88. The molecule has 1 aromatic carbocycles. The number of nitrogens with one attached hydrogen (secondary N) is 2. The normalized spacial score (nSPS) is 13.9. The van der Waals surface area contributed by atoms with Gasteiger partial charge in [0, 0.05) is 44.1 Å². The van der Waals surface area contributed by atoms with Crippen molar-refractivity contribution in [3.05, 3.63) is 46.8 Å². The minimum absolute atomic E-state index is 0.864. The molecule has 4 heteroatoms. The van der Waals surface area contributed by atoms with Crippen LogP contribution in [0.25, 0.3) is 0 Å². The highest BCUT2D eigenvalue weighted by Crippen LogP contribution is 2.25. The molecule has 1 aliphatic heterocycles. The van der Waals surface area contributed by atoms with E-state index < -0.39 is 0 Å². The predicted molar refractivity (Wildman–Crippen MR) is 81.7 cm³/mol. The van der Waals surface area contributed by atoms with Crippen molar-refractivity contribution in [1.29, 1.82) is 0 Å². The van der Waals surface area contributed by atoms with Crippen LogP contribution in [0, 0.1) is 6.92 Å². The highest BCUT2D eigenvalue weighted by atomic mass is 15.2. The molecular weight excluding hydrogens is 248 g/mol. The van der Waals surface area contributed by atoms with E-state index in [-0.39, 0.29) is 0 Å². The van der Waals surface area contributed by atoms with Crippen molar-refractivity contribution in [3.8, 4) is 0 Å². The molecule has 0 fully saturated rings. The summed E-state index contributed by atoms with van der Waals surface area (Å²) >= 11 is 0. The third kappa shape index (κ3) is 2.70. The summed E-state index contributed by atoms with van der Waals surface area (Å²) in [4.78, 5) is 0. The van der Waals surface area contributed by atoms with E-state index >= 15 is 0 Å². The minimum Gasteiger partial charge on any atom is -0.385 e. The van der Waals surface area contributed by atoms with Gasteiger partial charge in [0.2, 0.25) is 0 Å². The maximum atomic E-state index is 4.37. The lowest BCUT2D eigenvalue weighted by Crippen LogP contribution is -2.18.